The second kappa shape index (κ2) is 14.3. The van der Waals surface area contributed by atoms with Crippen LogP contribution in [0.5, 0.6) is 0 Å². The third-order valence-electron chi connectivity index (χ3n) is 9.55. The number of ether oxygens (including phenoxy) is 1. The van der Waals surface area contributed by atoms with Gasteiger partial charge in [0.15, 0.2) is 0 Å². The molecule has 3 aliphatic rings. The molecule has 5 atom stereocenters. The van der Waals surface area contributed by atoms with Crippen LogP contribution in [0.1, 0.15) is 77.3 Å². The molecule has 1 saturated heterocycles. The maximum absolute atomic E-state index is 14.3. The summed E-state index contributed by atoms with van der Waals surface area (Å²) in [6, 6.07) is 14.3. The Kier molecular flexibility index (Phi) is 9.91. The number of rotatable bonds is 5. The molecule has 0 spiro atoms. The number of nitriles is 1. The van der Waals surface area contributed by atoms with Crippen LogP contribution in [0.4, 0.5) is 4.79 Å². The molecule has 3 aromatic rings. The Morgan fingerprint density at radius 1 is 1.08 bits per heavy atom. The summed E-state index contributed by atoms with van der Waals surface area (Å²) in [5, 5.41) is 38.0. The molecule has 266 valence electrons. The lowest BCUT2D eigenvalue weighted by Gasteiger charge is -2.30. The molecule has 6 rings (SSSR count). The van der Waals surface area contributed by atoms with E-state index in [9.17, 15) is 24.3 Å². The van der Waals surface area contributed by atoms with Gasteiger partial charge in [0, 0.05) is 24.4 Å². The Bertz CT molecular complexity index is 1880. The van der Waals surface area contributed by atoms with E-state index in [0.717, 1.165) is 30.4 Å². The number of amides is 3. The number of aromatic nitrogens is 4. The predicted molar refractivity (Wildman–Crippen MR) is 185 cm³/mol. The number of carboxylic acids is 1. The summed E-state index contributed by atoms with van der Waals surface area (Å²) in [5.74, 6) is -2.20. The van der Waals surface area contributed by atoms with Gasteiger partial charge in [-0.25, -0.2) is 9.59 Å². The van der Waals surface area contributed by atoms with Crippen LogP contribution in [0.3, 0.4) is 0 Å². The quantitative estimate of drug-likeness (QED) is 0.323. The van der Waals surface area contributed by atoms with E-state index in [-0.39, 0.29) is 25.3 Å². The maximum atomic E-state index is 14.3. The van der Waals surface area contributed by atoms with E-state index in [4.69, 9.17) is 10.00 Å². The third kappa shape index (κ3) is 7.93. The lowest BCUT2D eigenvalue weighted by molar-refractivity contribution is -0.145. The Morgan fingerprint density at radius 3 is 2.57 bits per heavy atom. The van der Waals surface area contributed by atoms with Crippen molar-refractivity contribution in [3.8, 4) is 28.6 Å². The zero-order valence-electron chi connectivity index (χ0n) is 28.9. The van der Waals surface area contributed by atoms with Crippen LogP contribution in [0, 0.1) is 17.2 Å². The van der Waals surface area contributed by atoms with Crippen molar-refractivity contribution in [3.05, 3.63) is 66.2 Å². The second-order valence-electron chi connectivity index (χ2n) is 14.4. The van der Waals surface area contributed by atoms with Gasteiger partial charge in [0.05, 0.1) is 17.7 Å². The molecule has 1 aromatic heterocycles. The van der Waals surface area contributed by atoms with Crippen LogP contribution in [0.15, 0.2) is 60.7 Å². The first-order valence-electron chi connectivity index (χ1n) is 17.3. The first-order chi connectivity index (χ1) is 24.4. The summed E-state index contributed by atoms with van der Waals surface area (Å²) in [5.41, 5.74) is 0.824. The van der Waals surface area contributed by atoms with Crippen molar-refractivity contribution in [2.45, 2.75) is 95.0 Å². The number of hydrogen-bond acceptors (Lipinski definition) is 9. The molecule has 2 aliphatic heterocycles. The topological polar surface area (TPSA) is 192 Å². The van der Waals surface area contributed by atoms with Gasteiger partial charge >= 0.3 is 12.1 Å². The van der Waals surface area contributed by atoms with Crippen LogP contribution in [-0.4, -0.2) is 83.9 Å². The highest BCUT2D eigenvalue weighted by atomic mass is 16.6. The molecule has 4 unspecified atom stereocenters. The first kappa shape index (κ1) is 35.3. The summed E-state index contributed by atoms with van der Waals surface area (Å²) < 4.78 is 5.47. The van der Waals surface area contributed by atoms with Crippen molar-refractivity contribution in [1.29, 1.82) is 5.26 Å². The van der Waals surface area contributed by atoms with E-state index >= 15 is 0 Å². The smallest absolute Gasteiger partial charge is 0.408 e. The summed E-state index contributed by atoms with van der Waals surface area (Å²) in [6.45, 7) is 5.23. The molecule has 3 heterocycles. The van der Waals surface area contributed by atoms with E-state index in [1.165, 1.54) is 9.70 Å². The van der Waals surface area contributed by atoms with Crippen molar-refractivity contribution in [3.63, 3.8) is 0 Å². The monoisotopic (exact) mass is 694 g/mol. The van der Waals surface area contributed by atoms with Crippen molar-refractivity contribution < 1.29 is 29.0 Å². The first-order valence-corrected chi connectivity index (χ1v) is 17.3. The van der Waals surface area contributed by atoms with Crippen LogP contribution >= 0.6 is 0 Å². The minimum Gasteiger partial charge on any atom is -0.479 e. The number of tetrazole rings is 1. The van der Waals surface area contributed by atoms with Gasteiger partial charge in [-0.1, -0.05) is 55.3 Å². The van der Waals surface area contributed by atoms with Gasteiger partial charge in [-0.15, -0.1) is 10.2 Å². The van der Waals surface area contributed by atoms with Crippen molar-refractivity contribution in [1.82, 2.24) is 35.7 Å². The standard InChI is InChI=1S/C37H42N8O6/c1-36(2,3)51-35(50)39-29-13-8-6-4-5-7-12-27-20-37(27,34(48)49)40-32(46)30-19-28(22-44(30)33(29)47)45-42-31(41-43-45)26-11-9-10-25(18-26)24-16-14-23(21-38)15-17-24/h7,9-12,14-18,27-30H,4-6,8,13,19-20,22H2,1-3H3,(H,39,50)(H,40,46)(H,48,49)/b12-7-/t27?,28-,29?,30?,37?/m1/s1. The van der Waals surface area contributed by atoms with Crippen LogP contribution in [0.2, 0.25) is 0 Å². The average Bonchev–Trinajstić information content (AvgIpc) is 3.40. The molecule has 3 N–H and O–H groups in total. The Morgan fingerprint density at radius 2 is 1.84 bits per heavy atom. The normalized spacial score (nSPS) is 26.0. The molecule has 1 saturated carbocycles. The molecule has 0 radical (unpaired) electrons. The highest BCUT2D eigenvalue weighted by Crippen LogP contribution is 2.45. The molecule has 1 aliphatic carbocycles. The second-order valence-corrected chi connectivity index (χ2v) is 14.4. The number of benzene rings is 2. The van der Waals surface area contributed by atoms with Gasteiger partial charge in [0.1, 0.15) is 23.2 Å². The molecule has 14 heteroatoms. The number of aliphatic carboxylic acids is 1. The molecular formula is C37H42N8O6. The van der Waals surface area contributed by atoms with Crippen LogP contribution in [-0.2, 0) is 19.1 Å². The van der Waals surface area contributed by atoms with Crippen LogP contribution < -0.4 is 10.6 Å². The van der Waals surface area contributed by atoms with Crippen molar-refractivity contribution in [2.75, 3.05) is 6.54 Å². The summed E-state index contributed by atoms with van der Waals surface area (Å²) in [7, 11) is 0. The predicted octanol–water partition coefficient (Wildman–Crippen LogP) is 4.39. The van der Waals surface area contributed by atoms with E-state index in [2.05, 4.69) is 32.1 Å². The number of carbonyl (C=O) groups excluding carboxylic acids is 3. The summed E-state index contributed by atoms with van der Waals surface area (Å²) >= 11 is 0. The largest absolute Gasteiger partial charge is 0.479 e. The molecule has 0 bridgehead atoms. The number of nitrogens with zero attached hydrogens (tertiary/aromatic N) is 6. The van der Waals surface area contributed by atoms with Gasteiger partial charge in [-0.05, 0) is 81.0 Å². The zero-order chi connectivity index (χ0) is 36.3. The molecule has 2 aromatic carbocycles. The van der Waals surface area contributed by atoms with Gasteiger partial charge in [0.2, 0.25) is 17.6 Å². The van der Waals surface area contributed by atoms with Gasteiger partial charge in [0.25, 0.3) is 0 Å². The number of nitrogens with one attached hydrogen (secondary N) is 2. The lowest BCUT2D eigenvalue weighted by Crippen LogP contribution is -2.56. The fraction of sp³-hybridized carbons (Fsp3) is 0.459. The number of hydrogen-bond donors (Lipinski definition) is 3. The van der Waals surface area contributed by atoms with Crippen LogP contribution in [0.25, 0.3) is 22.5 Å². The lowest BCUT2D eigenvalue weighted by atomic mass is 10.0. The molecule has 2 fully saturated rings. The van der Waals surface area contributed by atoms with Gasteiger partial charge < -0.3 is 25.4 Å². The third-order valence-corrected chi connectivity index (χ3v) is 9.55. The fourth-order valence-corrected chi connectivity index (χ4v) is 6.77. The summed E-state index contributed by atoms with van der Waals surface area (Å²) in [6.07, 6.45) is 6.77. The Labute approximate surface area is 295 Å². The highest BCUT2D eigenvalue weighted by Gasteiger charge is 2.61. The summed E-state index contributed by atoms with van der Waals surface area (Å²) in [4.78, 5) is 56.4. The molecule has 51 heavy (non-hydrogen) atoms. The van der Waals surface area contributed by atoms with E-state index in [1.807, 2.05) is 48.6 Å². The number of carbonyl (C=O) groups is 4. The van der Waals surface area contributed by atoms with Gasteiger partial charge in [-0.3, -0.25) is 9.59 Å². The van der Waals surface area contributed by atoms with E-state index in [0.29, 0.717) is 29.8 Å². The highest BCUT2D eigenvalue weighted by molar-refractivity contribution is 5.96. The molecular weight excluding hydrogens is 652 g/mol. The van der Waals surface area contributed by atoms with Crippen molar-refractivity contribution >= 4 is 23.9 Å². The molecule has 14 nitrogen and oxygen atoms in total. The minimum absolute atomic E-state index is 0.0356. The minimum atomic E-state index is -1.45. The molecule has 3 amide bonds. The number of carboxylic acid groups (broad SMARTS) is 1. The van der Waals surface area contributed by atoms with E-state index in [1.54, 1.807) is 32.9 Å². The Hall–Kier alpha value is -5.58. The SMILES string of the molecule is CC(C)(C)OC(=O)NC1CCCCC/C=C\C2CC2(C(=O)O)NC(=O)C2C[C@@H](n3nnc(-c4cccc(-c5ccc(C#N)cc5)c4)n3)CN2C1=O. The Balaban J connectivity index is 1.28. The average molecular weight is 695 g/mol. The zero-order valence-corrected chi connectivity index (χ0v) is 28.9. The number of allylic oxidation sites excluding steroid dienone is 1. The fourth-order valence-electron chi connectivity index (χ4n) is 6.77. The number of fused-ring (bicyclic) bond motifs is 2. The van der Waals surface area contributed by atoms with Crippen molar-refractivity contribution in [2.24, 2.45) is 5.92 Å². The maximum Gasteiger partial charge on any atom is 0.408 e. The number of alkyl carbamates (subject to hydrolysis) is 1. The van der Waals surface area contributed by atoms with E-state index < -0.39 is 53.1 Å². The van der Waals surface area contributed by atoms with Gasteiger partial charge in [-0.2, -0.15) is 10.1 Å².